The summed E-state index contributed by atoms with van der Waals surface area (Å²) in [5.74, 6) is -1.01. The summed E-state index contributed by atoms with van der Waals surface area (Å²) in [4.78, 5) is 16.9. The molecule has 0 aromatic carbocycles. The van der Waals surface area contributed by atoms with E-state index in [4.69, 9.17) is 11.6 Å². The highest BCUT2D eigenvalue weighted by atomic mass is 35.5. The lowest BCUT2D eigenvalue weighted by molar-refractivity contribution is -0.0826. The van der Waals surface area contributed by atoms with Crippen LogP contribution in [0.2, 0.25) is 5.15 Å². The van der Waals surface area contributed by atoms with Gasteiger partial charge in [0.05, 0.1) is 30.5 Å². The van der Waals surface area contributed by atoms with Gasteiger partial charge in [0.1, 0.15) is 11.0 Å². The number of carbonyl (C=O) groups excluding carboxylic acids is 1. The third-order valence-electron chi connectivity index (χ3n) is 2.95. The van der Waals surface area contributed by atoms with Gasteiger partial charge in [-0.1, -0.05) is 18.5 Å². The Bertz CT molecular complexity index is 461. The van der Waals surface area contributed by atoms with E-state index in [1.807, 2.05) is 6.92 Å². The van der Waals surface area contributed by atoms with Gasteiger partial charge in [-0.05, 0) is 12.5 Å². The Morgan fingerprint density at radius 1 is 1.71 bits per heavy atom. The second-order valence-electron chi connectivity index (χ2n) is 4.23. The van der Waals surface area contributed by atoms with Gasteiger partial charge < -0.3 is 10.0 Å². The Hall–Kier alpha value is -1.20. The van der Waals surface area contributed by atoms with Gasteiger partial charge in [0, 0.05) is 0 Å². The minimum atomic E-state index is -0.817. The molecule has 17 heavy (non-hydrogen) atoms. The molecule has 0 unspecified atom stereocenters. The summed E-state index contributed by atoms with van der Waals surface area (Å²) in [7, 11) is 0. The van der Waals surface area contributed by atoms with Crippen molar-refractivity contribution in [3.63, 3.8) is 0 Å². The molecular weight excluding hydrogens is 247 g/mol. The summed E-state index contributed by atoms with van der Waals surface area (Å²) in [6.07, 6.45) is 1.53. The van der Waals surface area contributed by atoms with Crippen LogP contribution in [0.4, 0.5) is 4.39 Å². The number of β-amino-alcohol motifs (C(OH)–C–C–N with tert-alkyl or cyclic N) is 1. The van der Waals surface area contributed by atoms with E-state index >= 15 is 0 Å². The molecule has 0 spiro atoms. The van der Waals surface area contributed by atoms with Crippen molar-refractivity contribution in [1.82, 2.24) is 9.88 Å². The van der Waals surface area contributed by atoms with E-state index in [1.165, 1.54) is 4.90 Å². The molecule has 0 saturated carbocycles. The van der Waals surface area contributed by atoms with Crippen LogP contribution < -0.4 is 0 Å². The Morgan fingerprint density at radius 3 is 2.94 bits per heavy atom. The Balaban J connectivity index is 2.14. The molecule has 6 heteroatoms. The lowest BCUT2D eigenvalue weighted by Crippen LogP contribution is -2.63. The van der Waals surface area contributed by atoms with Crippen LogP contribution in [0.25, 0.3) is 0 Å². The van der Waals surface area contributed by atoms with Crippen LogP contribution in [0.5, 0.6) is 0 Å². The van der Waals surface area contributed by atoms with Gasteiger partial charge in [0.15, 0.2) is 0 Å². The third-order valence-corrected chi connectivity index (χ3v) is 3.25. The molecule has 1 amide bonds. The summed E-state index contributed by atoms with van der Waals surface area (Å²) in [5.41, 5.74) is -0.784. The van der Waals surface area contributed by atoms with E-state index in [0.717, 1.165) is 12.3 Å². The van der Waals surface area contributed by atoms with Gasteiger partial charge in [0.25, 0.3) is 5.91 Å². The topological polar surface area (TPSA) is 53.4 Å². The number of aromatic nitrogens is 1. The SMILES string of the molecule is CCC1(O)CN(C(=O)c2cc(F)cnc2Cl)C1. The zero-order valence-electron chi connectivity index (χ0n) is 9.28. The van der Waals surface area contributed by atoms with Gasteiger partial charge in [-0.2, -0.15) is 0 Å². The Kier molecular flexibility index (Phi) is 3.05. The average molecular weight is 259 g/mol. The number of aliphatic hydroxyl groups is 1. The summed E-state index contributed by atoms with van der Waals surface area (Å²) in [5, 5.41) is 9.77. The minimum Gasteiger partial charge on any atom is -0.386 e. The number of amides is 1. The molecule has 0 aliphatic carbocycles. The first kappa shape index (κ1) is 12.3. The fourth-order valence-electron chi connectivity index (χ4n) is 1.77. The second kappa shape index (κ2) is 4.23. The smallest absolute Gasteiger partial charge is 0.257 e. The van der Waals surface area contributed by atoms with Crippen LogP contribution in [0.3, 0.4) is 0 Å². The highest BCUT2D eigenvalue weighted by Crippen LogP contribution is 2.27. The number of likely N-dealkylation sites (tertiary alicyclic amines) is 1. The van der Waals surface area contributed by atoms with Crippen LogP contribution in [0.15, 0.2) is 12.3 Å². The number of nitrogens with zero attached hydrogens (tertiary/aromatic N) is 2. The number of pyridine rings is 1. The number of rotatable bonds is 2. The van der Waals surface area contributed by atoms with E-state index in [0.29, 0.717) is 6.42 Å². The van der Waals surface area contributed by atoms with Gasteiger partial charge in [-0.25, -0.2) is 9.37 Å². The van der Waals surface area contributed by atoms with Crippen molar-refractivity contribution in [2.75, 3.05) is 13.1 Å². The molecule has 1 aliphatic heterocycles. The van der Waals surface area contributed by atoms with Crippen molar-refractivity contribution in [3.8, 4) is 0 Å². The van der Waals surface area contributed by atoms with Gasteiger partial charge >= 0.3 is 0 Å². The predicted octanol–water partition coefficient (Wildman–Crippen LogP) is 1.47. The van der Waals surface area contributed by atoms with Crippen LogP contribution in [-0.4, -0.2) is 39.6 Å². The molecule has 0 radical (unpaired) electrons. The molecular formula is C11H12ClFN2O2. The van der Waals surface area contributed by atoms with E-state index in [9.17, 15) is 14.3 Å². The number of hydrogen-bond acceptors (Lipinski definition) is 3. The highest BCUT2D eigenvalue weighted by Gasteiger charge is 2.42. The summed E-state index contributed by atoms with van der Waals surface area (Å²) in [6, 6.07) is 1.06. The molecule has 92 valence electrons. The summed E-state index contributed by atoms with van der Waals surface area (Å²) in [6.45, 7) is 2.34. The second-order valence-corrected chi connectivity index (χ2v) is 4.59. The van der Waals surface area contributed by atoms with Crippen LogP contribution in [-0.2, 0) is 0 Å². The summed E-state index contributed by atoms with van der Waals surface area (Å²) >= 11 is 5.73. The maximum absolute atomic E-state index is 13.0. The quantitative estimate of drug-likeness (QED) is 0.818. The zero-order valence-corrected chi connectivity index (χ0v) is 10.0. The van der Waals surface area contributed by atoms with Crippen molar-refractivity contribution in [1.29, 1.82) is 0 Å². The van der Waals surface area contributed by atoms with Gasteiger partial charge in [-0.3, -0.25) is 4.79 Å². The van der Waals surface area contributed by atoms with E-state index < -0.39 is 17.3 Å². The molecule has 2 rings (SSSR count). The first-order valence-corrected chi connectivity index (χ1v) is 5.66. The molecule has 1 saturated heterocycles. The molecule has 2 heterocycles. The number of hydrogen-bond donors (Lipinski definition) is 1. The van der Waals surface area contributed by atoms with Crippen molar-refractivity contribution in [2.45, 2.75) is 18.9 Å². The molecule has 4 nitrogen and oxygen atoms in total. The van der Waals surface area contributed by atoms with E-state index in [1.54, 1.807) is 0 Å². The largest absolute Gasteiger partial charge is 0.386 e. The zero-order chi connectivity index (χ0) is 12.6. The average Bonchev–Trinajstić information content (AvgIpc) is 2.27. The highest BCUT2D eigenvalue weighted by molar-refractivity contribution is 6.32. The van der Waals surface area contributed by atoms with Crippen molar-refractivity contribution in [2.24, 2.45) is 0 Å². The van der Waals surface area contributed by atoms with E-state index in [-0.39, 0.29) is 23.8 Å². The molecule has 1 aromatic heterocycles. The monoisotopic (exact) mass is 258 g/mol. The molecule has 0 bridgehead atoms. The fraction of sp³-hybridized carbons (Fsp3) is 0.455. The fourth-order valence-corrected chi connectivity index (χ4v) is 1.96. The summed E-state index contributed by atoms with van der Waals surface area (Å²) < 4.78 is 13.0. The van der Waals surface area contributed by atoms with Crippen molar-refractivity contribution < 1.29 is 14.3 Å². The maximum Gasteiger partial charge on any atom is 0.257 e. The molecule has 1 aliphatic rings. The maximum atomic E-state index is 13.0. The van der Waals surface area contributed by atoms with Crippen molar-refractivity contribution in [3.05, 3.63) is 28.8 Å². The standard InChI is InChI=1S/C11H12ClFN2O2/c1-2-11(17)5-15(6-11)10(16)8-3-7(13)4-14-9(8)12/h3-4,17H,2,5-6H2,1H3. The number of carbonyl (C=O) groups is 1. The molecule has 1 fully saturated rings. The molecule has 0 atom stereocenters. The van der Waals surface area contributed by atoms with Crippen LogP contribution >= 0.6 is 11.6 Å². The normalized spacial score (nSPS) is 17.8. The molecule has 1 aromatic rings. The minimum absolute atomic E-state index is 0.0247. The molecule has 1 N–H and O–H groups in total. The van der Waals surface area contributed by atoms with Gasteiger partial charge in [0.2, 0.25) is 0 Å². The Labute approximate surface area is 103 Å². The number of halogens is 2. The van der Waals surface area contributed by atoms with Crippen molar-refractivity contribution >= 4 is 17.5 Å². The predicted molar refractivity (Wildman–Crippen MR) is 60.3 cm³/mol. The lowest BCUT2D eigenvalue weighted by atomic mass is 9.91. The third kappa shape index (κ3) is 2.25. The first-order chi connectivity index (χ1) is 7.95. The Morgan fingerprint density at radius 2 is 2.35 bits per heavy atom. The lowest BCUT2D eigenvalue weighted by Gasteiger charge is -2.46. The van der Waals surface area contributed by atoms with Crippen LogP contribution in [0, 0.1) is 5.82 Å². The first-order valence-electron chi connectivity index (χ1n) is 5.28. The van der Waals surface area contributed by atoms with Gasteiger partial charge in [-0.15, -0.1) is 0 Å². The van der Waals surface area contributed by atoms with E-state index in [2.05, 4.69) is 4.98 Å². The van der Waals surface area contributed by atoms with Crippen LogP contribution in [0.1, 0.15) is 23.7 Å².